The van der Waals surface area contributed by atoms with Gasteiger partial charge in [-0.1, -0.05) is 12.1 Å². The smallest absolute Gasteiger partial charge is 0.213 e. The number of anilines is 1. The molecule has 0 spiro atoms. The molecule has 0 aliphatic heterocycles. The number of hydrogen-bond acceptors (Lipinski definition) is 5. The maximum atomic E-state index is 14.1. The van der Waals surface area contributed by atoms with Crippen molar-refractivity contribution < 1.29 is 22.7 Å². The van der Waals surface area contributed by atoms with E-state index < -0.39 is 17.6 Å². The molecule has 2 aromatic carbocycles. The maximum Gasteiger partial charge on any atom is 0.213 e. The first-order valence-corrected chi connectivity index (χ1v) is 12.5. The Bertz CT molecular complexity index is 1570. The zero-order chi connectivity index (χ0) is 27.5. The Labute approximate surface area is 224 Å². The number of benzene rings is 2. The molecule has 1 aliphatic rings. The summed E-state index contributed by atoms with van der Waals surface area (Å²) in [7, 11) is 1.51. The van der Waals surface area contributed by atoms with Crippen molar-refractivity contribution in [1.29, 1.82) is 0 Å². The van der Waals surface area contributed by atoms with E-state index in [1.165, 1.54) is 31.4 Å². The van der Waals surface area contributed by atoms with Gasteiger partial charge in [0.15, 0.2) is 0 Å². The lowest BCUT2D eigenvalue weighted by Crippen LogP contribution is -2.14. The number of ether oxygens (including phenoxy) is 1. The van der Waals surface area contributed by atoms with Crippen LogP contribution in [0.4, 0.5) is 19.0 Å². The van der Waals surface area contributed by atoms with Gasteiger partial charge >= 0.3 is 0 Å². The number of ketones is 1. The van der Waals surface area contributed by atoms with Crippen molar-refractivity contribution in [2.75, 3.05) is 12.8 Å². The SMILES string of the molecule is COc1cc(-c2ccc(N)nc2C(CC(=O)CC2=CCc3ccc(F)cc32)Cc2cc(F)cc(F)c2)ccn1. The van der Waals surface area contributed by atoms with Crippen LogP contribution in [0.3, 0.4) is 0 Å². The Morgan fingerprint density at radius 2 is 1.77 bits per heavy atom. The molecule has 1 unspecified atom stereocenters. The lowest BCUT2D eigenvalue weighted by molar-refractivity contribution is -0.118. The highest BCUT2D eigenvalue weighted by Gasteiger charge is 2.25. The fourth-order valence-electron chi connectivity index (χ4n) is 5.11. The normalized spacial score (nSPS) is 13.1. The quantitative estimate of drug-likeness (QED) is 0.269. The molecule has 0 radical (unpaired) electrons. The van der Waals surface area contributed by atoms with E-state index in [0.717, 1.165) is 28.3 Å². The minimum atomic E-state index is -0.704. The van der Waals surface area contributed by atoms with E-state index in [9.17, 15) is 18.0 Å². The molecular formula is C31H26F3N3O2. The summed E-state index contributed by atoms with van der Waals surface area (Å²) < 4.78 is 47.3. The van der Waals surface area contributed by atoms with Crippen LogP contribution in [0, 0.1) is 17.5 Å². The molecule has 0 amide bonds. The predicted octanol–water partition coefficient (Wildman–Crippen LogP) is 6.47. The number of methoxy groups -OCH3 is 1. The van der Waals surface area contributed by atoms with Crippen molar-refractivity contribution in [3.05, 3.63) is 113 Å². The van der Waals surface area contributed by atoms with E-state index in [0.29, 0.717) is 29.1 Å². The van der Waals surface area contributed by atoms with Gasteiger partial charge in [0.05, 0.1) is 12.8 Å². The van der Waals surface area contributed by atoms with E-state index in [2.05, 4.69) is 9.97 Å². The number of Topliss-reactive ketones (excluding diaryl/α,β-unsaturated/α-hetero) is 1. The lowest BCUT2D eigenvalue weighted by atomic mass is 9.85. The molecule has 2 aromatic heterocycles. The van der Waals surface area contributed by atoms with Crippen LogP contribution in [-0.4, -0.2) is 22.9 Å². The number of allylic oxidation sites excluding steroid dienone is 2. The molecule has 0 saturated carbocycles. The summed E-state index contributed by atoms with van der Waals surface area (Å²) in [6, 6.07) is 14.9. The van der Waals surface area contributed by atoms with Crippen molar-refractivity contribution in [1.82, 2.24) is 9.97 Å². The first kappa shape index (κ1) is 26.2. The van der Waals surface area contributed by atoms with Crippen molar-refractivity contribution in [3.8, 4) is 17.0 Å². The van der Waals surface area contributed by atoms with Crippen molar-refractivity contribution in [3.63, 3.8) is 0 Å². The molecule has 0 saturated heterocycles. The number of pyridine rings is 2. The number of nitrogen functional groups attached to an aromatic ring is 1. The number of fused-ring (bicyclic) bond motifs is 1. The van der Waals surface area contributed by atoms with Gasteiger partial charge in [0.25, 0.3) is 0 Å². The molecule has 8 heteroatoms. The molecule has 0 fully saturated rings. The number of hydrogen-bond donors (Lipinski definition) is 1. The van der Waals surface area contributed by atoms with Crippen molar-refractivity contribution in [2.24, 2.45) is 0 Å². The van der Waals surface area contributed by atoms with Gasteiger partial charge < -0.3 is 10.5 Å². The first-order valence-electron chi connectivity index (χ1n) is 12.5. The Balaban J connectivity index is 1.51. The molecule has 1 aliphatic carbocycles. The number of rotatable bonds is 9. The van der Waals surface area contributed by atoms with Gasteiger partial charge in [-0.15, -0.1) is 0 Å². The Morgan fingerprint density at radius 3 is 2.54 bits per heavy atom. The number of carbonyl (C=O) groups excluding carboxylic acids is 1. The van der Waals surface area contributed by atoms with Crippen LogP contribution in [-0.2, 0) is 17.6 Å². The van der Waals surface area contributed by atoms with E-state index in [4.69, 9.17) is 10.5 Å². The largest absolute Gasteiger partial charge is 0.481 e. The van der Waals surface area contributed by atoms with E-state index in [1.807, 2.05) is 6.08 Å². The number of carbonyl (C=O) groups is 1. The van der Waals surface area contributed by atoms with Gasteiger partial charge in [-0.2, -0.15) is 0 Å². The second-order valence-electron chi connectivity index (χ2n) is 9.59. The third-order valence-electron chi connectivity index (χ3n) is 6.84. The molecule has 5 nitrogen and oxygen atoms in total. The molecule has 39 heavy (non-hydrogen) atoms. The zero-order valence-electron chi connectivity index (χ0n) is 21.3. The van der Waals surface area contributed by atoms with Crippen LogP contribution < -0.4 is 10.5 Å². The number of nitrogens with two attached hydrogens (primary N) is 1. The summed E-state index contributed by atoms with van der Waals surface area (Å²) in [6.07, 6.45) is 4.45. The maximum absolute atomic E-state index is 14.1. The van der Waals surface area contributed by atoms with Gasteiger partial charge in [0.1, 0.15) is 29.1 Å². The highest BCUT2D eigenvalue weighted by molar-refractivity contribution is 5.92. The zero-order valence-corrected chi connectivity index (χ0v) is 21.3. The summed E-state index contributed by atoms with van der Waals surface area (Å²) in [6.45, 7) is 0. The number of aromatic nitrogens is 2. The van der Waals surface area contributed by atoms with Gasteiger partial charge in [-0.05, 0) is 83.1 Å². The topological polar surface area (TPSA) is 78.1 Å². The minimum absolute atomic E-state index is 0.0335. The van der Waals surface area contributed by atoms with E-state index >= 15 is 0 Å². The van der Waals surface area contributed by atoms with Gasteiger partial charge in [-0.3, -0.25) is 4.79 Å². The molecule has 2 N–H and O–H groups in total. The predicted molar refractivity (Wildman–Crippen MR) is 144 cm³/mol. The lowest BCUT2D eigenvalue weighted by Gasteiger charge is -2.21. The second-order valence-corrected chi connectivity index (χ2v) is 9.59. The fourth-order valence-corrected chi connectivity index (χ4v) is 5.11. The van der Waals surface area contributed by atoms with Crippen LogP contribution >= 0.6 is 0 Å². The summed E-state index contributed by atoms with van der Waals surface area (Å²) >= 11 is 0. The van der Waals surface area contributed by atoms with Crippen LogP contribution in [0.15, 0.2) is 72.9 Å². The first-order chi connectivity index (χ1) is 18.8. The van der Waals surface area contributed by atoms with E-state index in [-0.39, 0.29) is 36.7 Å². The second kappa shape index (κ2) is 11.1. The summed E-state index contributed by atoms with van der Waals surface area (Å²) in [4.78, 5) is 22.2. The van der Waals surface area contributed by atoms with Gasteiger partial charge in [0, 0.05) is 42.7 Å². The summed E-state index contributed by atoms with van der Waals surface area (Å²) in [5.74, 6) is -1.78. The van der Waals surface area contributed by atoms with Crippen LogP contribution in [0.1, 0.15) is 41.1 Å². The molecule has 4 aromatic rings. The Kier molecular flexibility index (Phi) is 7.45. The monoisotopic (exact) mass is 529 g/mol. The molecular weight excluding hydrogens is 503 g/mol. The summed E-state index contributed by atoms with van der Waals surface area (Å²) in [5, 5.41) is 0. The Hall–Kier alpha value is -4.46. The number of nitrogens with zero attached hydrogens (tertiary/aromatic N) is 2. The third-order valence-corrected chi connectivity index (χ3v) is 6.84. The van der Waals surface area contributed by atoms with Gasteiger partial charge in [-0.25, -0.2) is 23.1 Å². The average Bonchev–Trinajstić information content (AvgIpc) is 3.29. The average molecular weight is 530 g/mol. The fraction of sp³-hybridized carbons (Fsp3) is 0.194. The van der Waals surface area contributed by atoms with Crippen molar-refractivity contribution >= 4 is 17.2 Å². The standard InChI is InChI=1S/C31H26F3N3O2/c1-39-30-15-21(8-9-36-30)27-6-7-29(35)37-31(27)22(10-18-11-24(33)16-25(34)12-18)14-26(38)13-20-3-2-19-4-5-23(32)17-28(19)20/h3-9,11-12,15-17,22H,2,10,13-14H2,1H3,(H2,35,37). The Morgan fingerprint density at radius 1 is 0.974 bits per heavy atom. The number of halogens is 3. The summed E-state index contributed by atoms with van der Waals surface area (Å²) in [5.41, 5.74) is 10.9. The molecule has 1 atom stereocenters. The van der Waals surface area contributed by atoms with E-state index in [1.54, 1.807) is 36.5 Å². The third kappa shape index (κ3) is 6.00. The molecule has 2 heterocycles. The minimum Gasteiger partial charge on any atom is -0.481 e. The highest BCUT2D eigenvalue weighted by Crippen LogP contribution is 2.36. The van der Waals surface area contributed by atoms with Crippen LogP contribution in [0.25, 0.3) is 16.7 Å². The van der Waals surface area contributed by atoms with Gasteiger partial charge in [0.2, 0.25) is 5.88 Å². The van der Waals surface area contributed by atoms with Crippen LogP contribution in [0.2, 0.25) is 0 Å². The van der Waals surface area contributed by atoms with Crippen molar-refractivity contribution in [2.45, 2.75) is 31.6 Å². The molecule has 198 valence electrons. The molecule has 0 bridgehead atoms. The highest BCUT2D eigenvalue weighted by atomic mass is 19.1. The van der Waals surface area contributed by atoms with Crippen LogP contribution in [0.5, 0.6) is 5.88 Å². The molecule has 5 rings (SSSR count).